The fourth-order valence-corrected chi connectivity index (χ4v) is 2.13. The summed E-state index contributed by atoms with van der Waals surface area (Å²) in [6, 6.07) is 1.83. The van der Waals surface area contributed by atoms with Crippen LogP contribution in [0.25, 0.3) is 11.5 Å². The summed E-state index contributed by atoms with van der Waals surface area (Å²) in [6.07, 6.45) is 2.53. The van der Waals surface area contributed by atoms with Gasteiger partial charge < -0.3 is 10.1 Å². The Kier molecular flexibility index (Phi) is 3.08. The zero-order chi connectivity index (χ0) is 13.2. The highest BCUT2D eigenvalue weighted by Crippen LogP contribution is 2.24. The number of ether oxygens (including phenoxy) is 1. The van der Waals surface area contributed by atoms with Gasteiger partial charge in [0.05, 0.1) is 18.9 Å². The number of nitrogens with zero attached hydrogens (tertiary/aromatic N) is 4. The SMILES string of the molecule is CNc1nc(-c2ccnc(C)n2)nc2c1COCC2. The van der Waals surface area contributed by atoms with Crippen molar-refractivity contribution in [3.63, 3.8) is 0 Å². The van der Waals surface area contributed by atoms with Gasteiger partial charge in [0.15, 0.2) is 5.82 Å². The van der Waals surface area contributed by atoms with Crippen LogP contribution in [0, 0.1) is 6.92 Å². The number of aryl methyl sites for hydroxylation is 1. The van der Waals surface area contributed by atoms with E-state index in [0.717, 1.165) is 29.2 Å². The number of hydrogen-bond acceptors (Lipinski definition) is 6. The topological polar surface area (TPSA) is 72.8 Å². The molecule has 1 aliphatic heterocycles. The van der Waals surface area contributed by atoms with Crippen LogP contribution >= 0.6 is 0 Å². The lowest BCUT2D eigenvalue weighted by atomic mass is 10.1. The molecule has 19 heavy (non-hydrogen) atoms. The molecule has 0 fully saturated rings. The van der Waals surface area contributed by atoms with Crippen molar-refractivity contribution in [2.24, 2.45) is 0 Å². The third-order valence-electron chi connectivity index (χ3n) is 3.06. The molecule has 0 saturated heterocycles. The van der Waals surface area contributed by atoms with E-state index in [-0.39, 0.29) is 0 Å². The van der Waals surface area contributed by atoms with Crippen LogP contribution in [0.2, 0.25) is 0 Å². The Bertz CT molecular complexity index is 597. The van der Waals surface area contributed by atoms with E-state index in [1.165, 1.54) is 0 Å². The van der Waals surface area contributed by atoms with Gasteiger partial charge in [0, 0.05) is 25.2 Å². The highest BCUT2D eigenvalue weighted by atomic mass is 16.5. The van der Waals surface area contributed by atoms with Gasteiger partial charge in [-0.2, -0.15) is 0 Å². The van der Waals surface area contributed by atoms with E-state index in [4.69, 9.17) is 4.74 Å². The third kappa shape index (κ3) is 2.26. The molecule has 0 atom stereocenters. The molecule has 1 aliphatic rings. The predicted molar refractivity (Wildman–Crippen MR) is 70.7 cm³/mol. The van der Waals surface area contributed by atoms with Crippen molar-refractivity contribution in [3.8, 4) is 11.5 Å². The minimum absolute atomic E-state index is 0.564. The van der Waals surface area contributed by atoms with Crippen molar-refractivity contribution >= 4 is 5.82 Å². The Labute approximate surface area is 111 Å². The van der Waals surface area contributed by atoms with E-state index in [1.807, 2.05) is 20.0 Å². The van der Waals surface area contributed by atoms with Crippen molar-refractivity contribution in [3.05, 3.63) is 29.3 Å². The lowest BCUT2D eigenvalue weighted by Crippen LogP contribution is -2.16. The van der Waals surface area contributed by atoms with Gasteiger partial charge in [-0.15, -0.1) is 0 Å². The van der Waals surface area contributed by atoms with E-state index < -0.39 is 0 Å². The van der Waals surface area contributed by atoms with Gasteiger partial charge >= 0.3 is 0 Å². The van der Waals surface area contributed by atoms with Gasteiger partial charge in [-0.1, -0.05) is 0 Å². The van der Waals surface area contributed by atoms with Gasteiger partial charge in [0.1, 0.15) is 17.3 Å². The largest absolute Gasteiger partial charge is 0.376 e. The van der Waals surface area contributed by atoms with Gasteiger partial charge in [-0.05, 0) is 13.0 Å². The quantitative estimate of drug-likeness (QED) is 0.875. The molecule has 0 amide bonds. The summed E-state index contributed by atoms with van der Waals surface area (Å²) in [4.78, 5) is 17.6. The molecule has 0 bridgehead atoms. The molecule has 98 valence electrons. The summed E-state index contributed by atoms with van der Waals surface area (Å²) in [7, 11) is 1.85. The standard InChI is InChI=1S/C13H15N5O/c1-8-15-5-3-11(16-8)13-17-10-4-6-19-7-9(10)12(14-2)18-13/h3,5H,4,6-7H2,1-2H3,(H,14,17,18). The summed E-state index contributed by atoms with van der Waals surface area (Å²) in [5.74, 6) is 2.17. The van der Waals surface area contributed by atoms with Crippen LogP contribution in [0.1, 0.15) is 17.1 Å². The number of nitrogens with one attached hydrogen (secondary N) is 1. The van der Waals surface area contributed by atoms with E-state index in [9.17, 15) is 0 Å². The number of aromatic nitrogens is 4. The maximum Gasteiger partial charge on any atom is 0.180 e. The molecular weight excluding hydrogens is 242 g/mol. The predicted octanol–water partition coefficient (Wildman–Crippen LogP) is 1.36. The van der Waals surface area contributed by atoms with Crippen molar-refractivity contribution in [1.29, 1.82) is 0 Å². The van der Waals surface area contributed by atoms with Crippen LogP contribution in [0.3, 0.4) is 0 Å². The Morgan fingerprint density at radius 3 is 2.95 bits per heavy atom. The molecule has 0 unspecified atom stereocenters. The van der Waals surface area contributed by atoms with Crippen LogP contribution in [-0.4, -0.2) is 33.6 Å². The Balaban J connectivity index is 2.12. The van der Waals surface area contributed by atoms with Gasteiger partial charge in [0.2, 0.25) is 0 Å². The highest BCUT2D eigenvalue weighted by molar-refractivity contribution is 5.56. The van der Waals surface area contributed by atoms with E-state index >= 15 is 0 Å². The number of anilines is 1. The summed E-state index contributed by atoms with van der Waals surface area (Å²) in [5.41, 5.74) is 2.83. The molecule has 6 nitrogen and oxygen atoms in total. The average molecular weight is 257 g/mol. The zero-order valence-electron chi connectivity index (χ0n) is 11.0. The molecule has 0 saturated carbocycles. The number of fused-ring (bicyclic) bond motifs is 1. The summed E-state index contributed by atoms with van der Waals surface area (Å²) in [5, 5.41) is 3.11. The smallest absolute Gasteiger partial charge is 0.180 e. The van der Waals surface area contributed by atoms with Crippen LogP contribution in [0.15, 0.2) is 12.3 Å². The minimum atomic E-state index is 0.564. The lowest BCUT2D eigenvalue weighted by Gasteiger charge is -2.19. The molecule has 0 spiro atoms. The Hall–Kier alpha value is -2.08. The normalized spacial score (nSPS) is 14.0. The number of hydrogen-bond donors (Lipinski definition) is 1. The van der Waals surface area contributed by atoms with Gasteiger partial charge in [-0.25, -0.2) is 19.9 Å². The number of rotatable bonds is 2. The van der Waals surface area contributed by atoms with Crippen LogP contribution in [0.4, 0.5) is 5.82 Å². The van der Waals surface area contributed by atoms with Crippen molar-refractivity contribution in [2.45, 2.75) is 20.0 Å². The van der Waals surface area contributed by atoms with Gasteiger partial charge in [-0.3, -0.25) is 0 Å². The van der Waals surface area contributed by atoms with Crippen LogP contribution in [0.5, 0.6) is 0 Å². The van der Waals surface area contributed by atoms with Crippen molar-refractivity contribution < 1.29 is 4.74 Å². The van der Waals surface area contributed by atoms with E-state index in [2.05, 4.69) is 25.3 Å². The highest BCUT2D eigenvalue weighted by Gasteiger charge is 2.18. The molecule has 0 aromatic carbocycles. The second-order valence-corrected chi connectivity index (χ2v) is 4.36. The third-order valence-corrected chi connectivity index (χ3v) is 3.06. The van der Waals surface area contributed by atoms with E-state index in [1.54, 1.807) is 6.20 Å². The van der Waals surface area contributed by atoms with Gasteiger partial charge in [0.25, 0.3) is 0 Å². The molecule has 0 aliphatic carbocycles. The molecular formula is C13H15N5O. The molecule has 3 rings (SSSR count). The Morgan fingerprint density at radius 1 is 1.26 bits per heavy atom. The fraction of sp³-hybridized carbons (Fsp3) is 0.385. The first kappa shape index (κ1) is 12.0. The molecule has 6 heteroatoms. The average Bonchev–Trinajstić information content (AvgIpc) is 2.46. The molecule has 0 radical (unpaired) electrons. The molecule has 2 aromatic rings. The second-order valence-electron chi connectivity index (χ2n) is 4.36. The van der Waals surface area contributed by atoms with Crippen molar-refractivity contribution in [1.82, 2.24) is 19.9 Å². The maximum atomic E-state index is 5.46. The fourth-order valence-electron chi connectivity index (χ4n) is 2.13. The summed E-state index contributed by atoms with van der Waals surface area (Å²) >= 11 is 0. The molecule has 2 aromatic heterocycles. The first-order valence-corrected chi connectivity index (χ1v) is 6.23. The minimum Gasteiger partial charge on any atom is -0.376 e. The maximum absolute atomic E-state index is 5.46. The summed E-state index contributed by atoms with van der Waals surface area (Å²) in [6.45, 7) is 3.12. The first-order valence-electron chi connectivity index (χ1n) is 6.23. The monoisotopic (exact) mass is 257 g/mol. The second kappa shape index (κ2) is 4.89. The molecule has 1 N–H and O–H groups in total. The first-order chi connectivity index (χ1) is 9.28. The lowest BCUT2D eigenvalue weighted by molar-refractivity contribution is 0.109. The van der Waals surface area contributed by atoms with Crippen molar-refractivity contribution in [2.75, 3.05) is 19.0 Å². The summed E-state index contributed by atoms with van der Waals surface area (Å²) < 4.78 is 5.46. The van der Waals surface area contributed by atoms with E-state index in [0.29, 0.717) is 24.9 Å². The van der Waals surface area contributed by atoms with Crippen LogP contribution < -0.4 is 5.32 Å². The van der Waals surface area contributed by atoms with Crippen LogP contribution in [-0.2, 0) is 17.8 Å². The Morgan fingerprint density at radius 2 is 2.16 bits per heavy atom. The zero-order valence-corrected chi connectivity index (χ0v) is 11.0. The molecule has 3 heterocycles.